The molecule has 0 unspecified atom stereocenters. The van der Waals surface area contributed by atoms with Gasteiger partial charge in [0.25, 0.3) is 0 Å². The number of benzene rings is 2. The Morgan fingerprint density at radius 1 is 1.00 bits per heavy atom. The van der Waals surface area contributed by atoms with Gasteiger partial charge in [0.05, 0.1) is 12.7 Å². The van der Waals surface area contributed by atoms with E-state index in [4.69, 9.17) is 0 Å². The van der Waals surface area contributed by atoms with Gasteiger partial charge in [-0.15, -0.1) is 10.2 Å². The molecule has 3 rings (SSSR count). The molecule has 1 aliphatic rings. The Balaban J connectivity index is 2.24. The normalized spacial score (nSPS) is 15.3. The van der Waals surface area contributed by atoms with Crippen molar-refractivity contribution >= 4 is 5.97 Å². The summed E-state index contributed by atoms with van der Waals surface area (Å²) >= 11 is 0. The molecule has 134 valence electrons. The van der Waals surface area contributed by atoms with E-state index < -0.39 is 17.8 Å². The van der Waals surface area contributed by atoms with Crippen molar-refractivity contribution in [2.45, 2.75) is 18.8 Å². The summed E-state index contributed by atoms with van der Waals surface area (Å²) in [6, 6.07) is 10.9. The van der Waals surface area contributed by atoms with Gasteiger partial charge < -0.3 is 4.74 Å². The summed E-state index contributed by atoms with van der Waals surface area (Å²) in [6.45, 7) is 1.89. The van der Waals surface area contributed by atoms with Gasteiger partial charge in [-0.1, -0.05) is 29.8 Å². The van der Waals surface area contributed by atoms with Crippen LogP contribution in [-0.2, 0) is 10.4 Å². The Hall–Kier alpha value is -3.10. The molecule has 0 aromatic heterocycles. The van der Waals surface area contributed by atoms with Crippen molar-refractivity contribution in [2.24, 2.45) is 20.7 Å². The predicted molar refractivity (Wildman–Crippen MR) is 85.4 cm³/mol. The van der Waals surface area contributed by atoms with Gasteiger partial charge in [-0.2, -0.15) is 13.2 Å². The van der Waals surface area contributed by atoms with E-state index in [1.165, 1.54) is 12.1 Å². The summed E-state index contributed by atoms with van der Waals surface area (Å²) in [4.78, 5) is 12.0. The number of ether oxygens (including phenoxy) is 1. The molecule has 0 saturated heterocycles. The van der Waals surface area contributed by atoms with E-state index in [2.05, 4.69) is 25.4 Å². The van der Waals surface area contributed by atoms with Gasteiger partial charge in [0.1, 0.15) is 0 Å². The first-order chi connectivity index (χ1) is 12.3. The number of carbonyl (C=O) groups is 1. The van der Waals surface area contributed by atoms with Crippen molar-refractivity contribution in [3.8, 4) is 11.1 Å². The van der Waals surface area contributed by atoms with Crippen molar-refractivity contribution < 1.29 is 22.7 Å². The Morgan fingerprint density at radius 2 is 1.62 bits per heavy atom. The molecule has 0 bridgehead atoms. The van der Waals surface area contributed by atoms with E-state index in [0.717, 1.165) is 18.7 Å². The van der Waals surface area contributed by atoms with Crippen LogP contribution in [0, 0.1) is 6.92 Å². The first-order valence-electron chi connectivity index (χ1n) is 7.48. The lowest BCUT2D eigenvalue weighted by Gasteiger charge is -2.24. The monoisotopic (exact) mass is 362 g/mol. The highest BCUT2D eigenvalue weighted by Crippen LogP contribution is 2.47. The quantitative estimate of drug-likeness (QED) is 0.721. The fourth-order valence-electron chi connectivity index (χ4n) is 2.56. The third kappa shape index (κ3) is 2.96. The van der Waals surface area contributed by atoms with Crippen LogP contribution >= 0.6 is 0 Å². The van der Waals surface area contributed by atoms with Gasteiger partial charge in [-0.3, -0.25) is 0 Å². The summed E-state index contributed by atoms with van der Waals surface area (Å²) in [5.41, 5.74) is -1.38. The average Bonchev–Trinajstić information content (AvgIpc) is 3.12. The van der Waals surface area contributed by atoms with Crippen LogP contribution in [0.3, 0.4) is 0 Å². The molecule has 0 radical (unpaired) electrons. The van der Waals surface area contributed by atoms with E-state index in [9.17, 15) is 18.0 Å². The van der Waals surface area contributed by atoms with Crippen LogP contribution in [0.2, 0.25) is 0 Å². The van der Waals surface area contributed by atoms with Crippen LogP contribution in [0.4, 0.5) is 13.2 Å². The lowest BCUT2D eigenvalue weighted by Crippen LogP contribution is -2.37. The molecule has 2 aromatic rings. The van der Waals surface area contributed by atoms with Crippen LogP contribution in [-0.4, -0.2) is 19.3 Å². The Morgan fingerprint density at radius 3 is 2.15 bits per heavy atom. The zero-order valence-electron chi connectivity index (χ0n) is 13.8. The van der Waals surface area contributed by atoms with Gasteiger partial charge in [-0.05, 0) is 46.7 Å². The van der Waals surface area contributed by atoms with E-state index in [1.807, 2.05) is 19.1 Å². The maximum absolute atomic E-state index is 13.7. The lowest BCUT2D eigenvalue weighted by atomic mass is 9.92. The number of carbonyl (C=O) groups excluding carboxylic acids is 1. The molecule has 0 spiro atoms. The molecule has 0 fully saturated rings. The minimum atomic E-state index is -4.88. The maximum atomic E-state index is 13.7. The van der Waals surface area contributed by atoms with Crippen LogP contribution < -0.4 is 0 Å². The van der Waals surface area contributed by atoms with Gasteiger partial charge in [0.2, 0.25) is 0 Å². The zero-order chi connectivity index (χ0) is 18.9. The highest BCUT2D eigenvalue weighted by atomic mass is 19.4. The number of nitrogens with zero attached hydrogens (tertiary/aromatic N) is 4. The number of aryl methyl sites for hydroxylation is 1. The summed E-state index contributed by atoms with van der Waals surface area (Å²) in [7, 11) is 1.15. The second-order valence-corrected chi connectivity index (χ2v) is 5.71. The number of esters is 1. The first kappa shape index (κ1) is 17.7. The molecule has 6 nitrogen and oxygen atoms in total. The Labute approximate surface area is 146 Å². The molecular weight excluding hydrogens is 349 g/mol. The van der Waals surface area contributed by atoms with Gasteiger partial charge in [0, 0.05) is 5.56 Å². The van der Waals surface area contributed by atoms with Crippen molar-refractivity contribution in [1.29, 1.82) is 0 Å². The first-order valence-corrected chi connectivity index (χ1v) is 7.48. The highest BCUT2D eigenvalue weighted by Gasteiger charge is 2.60. The number of alkyl halides is 3. The largest absolute Gasteiger partial charge is 0.465 e. The van der Waals surface area contributed by atoms with Crippen molar-refractivity contribution in [3.63, 3.8) is 0 Å². The molecule has 9 heteroatoms. The third-order valence-corrected chi connectivity index (χ3v) is 3.96. The number of hydrogen-bond donors (Lipinski definition) is 0. The van der Waals surface area contributed by atoms with Gasteiger partial charge in [0.15, 0.2) is 0 Å². The molecule has 0 N–H and O–H groups in total. The van der Waals surface area contributed by atoms with Crippen molar-refractivity contribution in [3.05, 3.63) is 59.2 Å². The van der Waals surface area contributed by atoms with Gasteiger partial charge >= 0.3 is 17.8 Å². The second-order valence-electron chi connectivity index (χ2n) is 5.71. The predicted octanol–water partition coefficient (Wildman–Crippen LogP) is 5.00. The molecule has 0 amide bonds. The van der Waals surface area contributed by atoms with E-state index in [0.29, 0.717) is 11.1 Å². The lowest BCUT2D eigenvalue weighted by molar-refractivity contribution is -0.187. The second kappa shape index (κ2) is 6.32. The Kier molecular flexibility index (Phi) is 4.31. The Bertz CT molecular complexity index is 893. The standard InChI is InChI=1S/C17H13F3N4O2/c1-10-3-5-11(6-4-10)12-7-13(15(25)26-2)9-14(8-12)16(17(18,19)20)21-23-24-22-16/h3-9H,1-2H3. The van der Waals surface area contributed by atoms with E-state index >= 15 is 0 Å². The summed E-state index contributed by atoms with van der Waals surface area (Å²) in [5, 5.41) is 12.5. The molecule has 0 aliphatic carbocycles. The minimum Gasteiger partial charge on any atom is -0.465 e. The summed E-state index contributed by atoms with van der Waals surface area (Å²) in [5.74, 6) is -0.774. The fraction of sp³-hybridized carbons (Fsp3) is 0.235. The summed E-state index contributed by atoms with van der Waals surface area (Å²) < 4.78 is 45.7. The molecule has 2 aromatic carbocycles. The SMILES string of the molecule is COC(=O)c1cc(-c2ccc(C)cc2)cc(C2(C(F)(F)F)N=NN=N2)c1. The number of halogens is 3. The zero-order valence-corrected chi connectivity index (χ0v) is 13.8. The van der Waals surface area contributed by atoms with Crippen LogP contribution in [0.1, 0.15) is 21.5 Å². The van der Waals surface area contributed by atoms with E-state index in [1.54, 1.807) is 12.1 Å². The fourth-order valence-corrected chi connectivity index (χ4v) is 2.56. The van der Waals surface area contributed by atoms with Crippen LogP contribution in [0.5, 0.6) is 0 Å². The number of methoxy groups -OCH3 is 1. The number of hydrogen-bond acceptors (Lipinski definition) is 6. The van der Waals surface area contributed by atoms with Gasteiger partial charge in [-0.25, -0.2) is 4.79 Å². The third-order valence-electron chi connectivity index (χ3n) is 3.96. The highest BCUT2D eigenvalue weighted by molar-refractivity contribution is 5.91. The van der Waals surface area contributed by atoms with E-state index in [-0.39, 0.29) is 11.1 Å². The molecule has 26 heavy (non-hydrogen) atoms. The molecular formula is C17H13F3N4O2. The van der Waals surface area contributed by atoms with Crippen LogP contribution in [0.25, 0.3) is 11.1 Å². The smallest absolute Gasteiger partial charge is 0.442 e. The maximum Gasteiger partial charge on any atom is 0.442 e. The molecule has 1 heterocycles. The molecule has 1 aliphatic heterocycles. The summed E-state index contributed by atoms with van der Waals surface area (Å²) in [6.07, 6.45) is -4.88. The molecule has 0 saturated carbocycles. The van der Waals surface area contributed by atoms with Crippen molar-refractivity contribution in [1.82, 2.24) is 0 Å². The minimum absolute atomic E-state index is 0.0542. The average molecular weight is 362 g/mol. The topological polar surface area (TPSA) is 75.7 Å². The molecule has 0 atom stereocenters. The van der Waals surface area contributed by atoms with Crippen molar-refractivity contribution in [2.75, 3.05) is 7.11 Å². The number of rotatable bonds is 3. The van der Waals surface area contributed by atoms with Crippen LogP contribution in [0.15, 0.2) is 63.1 Å².